The van der Waals surface area contributed by atoms with E-state index in [2.05, 4.69) is 52.3 Å². The molecule has 0 fully saturated rings. The van der Waals surface area contributed by atoms with E-state index in [1.54, 1.807) is 0 Å². The van der Waals surface area contributed by atoms with E-state index in [9.17, 15) is 0 Å². The van der Waals surface area contributed by atoms with Crippen LogP contribution in [0.4, 0.5) is 0 Å². The lowest BCUT2D eigenvalue weighted by Crippen LogP contribution is -2.49. The first-order chi connectivity index (χ1) is 6.34. The number of nitrogens with one attached hydrogen (secondary N) is 2. The van der Waals surface area contributed by atoms with Gasteiger partial charge in [-0.3, -0.25) is 0 Å². The number of rotatable bonds is 5. The third kappa shape index (κ3) is 3.97. The molecule has 0 aliphatic rings. The van der Waals surface area contributed by atoms with Gasteiger partial charge in [0, 0.05) is 6.04 Å². The smallest absolute Gasteiger partial charge is 0.0155 e. The van der Waals surface area contributed by atoms with E-state index in [0.717, 1.165) is 6.54 Å². The molecule has 2 nitrogen and oxygen atoms in total. The second-order valence-electron chi connectivity index (χ2n) is 5.60. The summed E-state index contributed by atoms with van der Waals surface area (Å²) >= 11 is 0. The Hall–Kier alpha value is -0.0800. The van der Waals surface area contributed by atoms with Crippen LogP contribution >= 0.6 is 0 Å². The molecule has 0 heterocycles. The summed E-state index contributed by atoms with van der Waals surface area (Å²) < 4.78 is 0. The lowest BCUT2D eigenvalue weighted by atomic mass is 9.74. The van der Waals surface area contributed by atoms with Crippen LogP contribution in [0.15, 0.2) is 0 Å². The molecule has 0 amide bonds. The molecule has 0 aromatic carbocycles. The molecular weight excluding hydrogens is 172 g/mol. The summed E-state index contributed by atoms with van der Waals surface area (Å²) in [7, 11) is 4.10. The minimum Gasteiger partial charge on any atom is -0.319 e. The van der Waals surface area contributed by atoms with Gasteiger partial charge in [0.05, 0.1) is 0 Å². The van der Waals surface area contributed by atoms with Crippen LogP contribution in [0.2, 0.25) is 0 Å². The second-order valence-corrected chi connectivity index (χ2v) is 5.60. The predicted molar refractivity (Wildman–Crippen MR) is 64.6 cm³/mol. The molecule has 2 unspecified atom stereocenters. The Morgan fingerprint density at radius 3 is 1.79 bits per heavy atom. The first kappa shape index (κ1) is 13.9. The molecule has 14 heavy (non-hydrogen) atoms. The van der Waals surface area contributed by atoms with Crippen LogP contribution in [0.5, 0.6) is 0 Å². The average Bonchev–Trinajstić information content (AvgIpc) is 2.01. The first-order valence-electron chi connectivity index (χ1n) is 5.66. The van der Waals surface area contributed by atoms with E-state index >= 15 is 0 Å². The van der Waals surface area contributed by atoms with Gasteiger partial charge >= 0.3 is 0 Å². The van der Waals surface area contributed by atoms with Crippen molar-refractivity contribution >= 4 is 0 Å². The molecule has 0 spiro atoms. The molecule has 0 bridgehead atoms. The number of hydrogen-bond acceptors (Lipinski definition) is 2. The molecule has 2 atom stereocenters. The van der Waals surface area contributed by atoms with Crippen LogP contribution < -0.4 is 10.6 Å². The van der Waals surface area contributed by atoms with Crippen molar-refractivity contribution in [2.45, 2.75) is 40.7 Å². The summed E-state index contributed by atoms with van der Waals surface area (Å²) in [6.45, 7) is 12.6. The summed E-state index contributed by atoms with van der Waals surface area (Å²) in [4.78, 5) is 0. The lowest BCUT2D eigenvalue weighted by Gasteiger charge is -2.39. The molecular formula is C12H28N2. The SMILES string of the molecule is CNCC(C(C)C)C(NC)C(C)(C)C. The van der Waals surface area contributed by atoms with E-state index in [4.69, 9.17) is 0 Å². The third-order valence-electron chi connectivity index (χ3n) is 2.97. The van der Waals surface area contributed by atoms with Gasteiger partial charge in [0.25, 0.3) is 0 Å². The molecule has 0 saturated heterocycles. The largest absolute Gasteiger partial charge is 0.319 e. The fourth-order valence-corrected chi connectivity index (χ4v) is 2.26. The second kappa shape index (κ2) is 5.72. The van der Waals surface area contributed by atoms with E-state index in [1.807, 2.05) is 7.05 Å². The van der Waals surface area contributed by atoms with Crippen molar-refractivity contribution in [3.63, 3.8) is 0 Å². The van der Waals surface area contributed by atoms with Crippen molar-refractivity contribution in [1.82, 2.24) is 10.6 Å². The Kier molecular flexibility index (Phi) is 5.68. The summed E-state index contributed by atoms with van der Waals surface area (Å²) in [6, 6.07) is 0.565. The molecule has 0 aromatic rings. The van der Waals surface area contributed by atoms with Gasteiger partial charge in [0.15, 0.2) is 0 Å². The van der Waals surface area contributed by atoms with Gasteiger partial charge < -0.3 is 10.6 Å². The van der Waals surface area contributed by atoms with Crippen LogP contribution in [0.3, 0.4) is 0 Å². The molecule has 0 radical (unpaired) electrons. The summed E-state index contributed by atoms with van der Waals surface area (Å²) in [5, 5.41) is 6.76. The normalized spacial score (nSPS) is 17.1. The maximum absolute atomic E-state index is 3.47. The van der Waals surface area contributed by atoms with E-state index in [1.165, 1.54) is 0 Å². The van der Waals surface area contributed by atoms with Crippen molar-refractivity contribution in [3.05, 3.63) is 0 Å². The predicted octanol–water partition coefficient (Wildman–Crippen LogP) is 2.11. The molecule has 86 valence electrons. The van der Waals surface area contributed by atoms with Crippen molar-refractivity contribution < 1.29 is 0 Å². The Balaban J connectivity index is 4.58. The lowest BCUT2D eigenvalue weighted by molar-refractivity contribution is 0.163. The van der Waals surface area contributed by atoms with Crippen LogP contribution in [-0.2, 0) is 0 Å². The zero-order chi connectivity index (χ0) is 11.4. The summed E-state index contributed by atoms with van der Waals surface area (Å²) in [6.07, 6.45) is 0. The average molecular weight is 200 g/mol. The molecule has 0 rings (SSSR count). The minimum atomic E-state index is 0.320. The Morgan fingerprint density at radius 2 is 1.57 bits per heavy atom. The van der Waals surface area contributed by atoms with Crippen LogP contribution in [0, 0.1) is 17.3 Å². The quantitative estimate of drug-likeness (QED) is 0.710. The number of hydrogen-bond donors (Lipinski definition) is 2. The zero-order valence-electron chi connectivity index (χ0n) is 10.9. The summed E-state index contributed by atoms with van der Waals surface area (Å²) in [5.74, 6) is 1.39. The maximum Gasteiger partial charge on any atom is 0.0155 e. The fourth-order valence-electron chi connectivity index (χ4n) is 2.26. The van der Waals surface area contributed by atoms with Gasteiger partial charge in [-0.15, -0.1) is 0 Å². The highest BCUT2D eigenvalue weighted by Gasteiger charge is 2.32. The highest BCUT2D eigenvalue weighted by molar-refractivity contribution is 4.88. The molecule has 0 aromatic heterocycles. The standard InChI is InChI=1S/C12H28N2/c1-9(2)10(8-13-6)11(14-7)12(3,4)5/h9-11,13-14H,8H2,1-7H3. The van der Waals surface area contributed by atoms with Gasteiger partial charge in [-0.05, 0) is 37.9 Å². The van der Waals surface area contributed by atoms with Crippen molar-refractivity contribution in [3.8, 4) is 0 Å². The highest BCUT2D eigenvalue weighted by Crippen LogP contribution is 2.28. The van der Waals surface area contributed by atoms with Gasteiger partial charge in [0.2, 0.25) is 0 Å². The highest BCUT2D eigenvalue weighted by atomic mass is 14.9. The zero-order valence-corrected chi connectivity index (χ0v) is 10.9. The third-order valence-corrected chi connectivity index (χ3v) is 2.97. The molecule has 2 N–H and O–H groups in total. The topological polar surface area (TPSA) is 24.1 Å². The Labute approximate surface area is 89.9 Å². The van der Waals surface area contributed by atoms with Gasteiger partial charge in [0.1, 0.15) is 0 Å². The maximum atomic E-state index is 3.47. The first-order valence-corrected chi connectivity index (χ1v) is 5.66. The van der Waals surface area contributed by atoms with E-state index in [0.29, 0.717) is 23.3 Å². The minimum absolute atomic E-state index is 0.320. The molecule has 2 heteroatoms. The van der Waals surface area contributed by atoms with Crippen molar-refractivity contribution in [2.24, 2.45) is 17.3 Å². The van der Waals surface area contributed by atoms with Gasteiger partial charge in [-0.2, -0.15) is 0 Å². The van der Waals surface area contributed by atoms with E-state index < -0.39 is 0 Å². The molecule has 0 aliphatic heterocycles. The monoisotopic (exact) mass is 200 g/mol. The molecule has 0 aliphatic carbocycles. The Morgan fingerprint density at radius 1 is 1.07 bits per heavy atom. The summed E-state index contributed by atoms with van der Waals surface area (Å²) in [5.41, 5.74) is 0.320. The van der Waals surface area contributed by atoms with Crippen molar-refractivity contribution in [1.29, 1.82) is 0 Å². The van der Waals surface area contributed by atoms with Crippen LogP contribution in [0.1, 0.15) is 34.6 Å². The van der Waals surface area contributed by atoms with Gasteiger partial charge in [-0.1, -0.05) is 34.6 Å². The molecule has 0 saturated carbocycles. The fraction of sp³-hybridized carbons (Fsp3) is 1.00. The van der Waals surface area contributed by atoms with Crippen LogP contribution in [0.25, 0.3) is 0 Å². The van der Waals surface area contributed by atoms with Crippen LogP contribution in [-0.4, -0.2) is 26.7 Å². The van der Waals surface area contributed by atoms with Gasteiger partial charge in [-0.25, -0.2) is 0 Å². The van der Waals surface area contributed by atoms with E-state index in [-0.39, 0.29) is 0 Å². The Bertz CT molecular complexity index is 147. The van der Waals surface area contributed by atoms with Crippen molar-refractivity contribution in [2.75, 3.05) is 20.6 Å².